The van der Waals surface area contributed by atoms with Crippen LogP contribution in [-0.4, -0.2) is 43.4 Å². The highest BCUT2D eigenvalue weighted by atomic mass is 16.5. The van der Waals surface area contributed by atoms with Crippen molar-refractivity contribution in [2.45, 2.75) is 45.1 Å². The van der Waals surface area contributed by atoms with Gasteiger partial charge in [0.2, 0.25) is 5.91 Å². The quantitative estimate of drug-likeness (QED) is 0.578. The average Bonchev–Trinajstić information content (AvgIpc) is 3.62. The molecule has 1 fully saturated rings. The zero-order valence-electron chi connectivity index (χ0n) is 18.3. The van der Waals surface area contributed by atoms with Crippen LogP contribution in [0.1, 0.15) is 48.5 Å². The van der Waals surface area contributed by atoms with Gasteiger partial charge in [-0.15, -0.1) is 0 Å². The predicted octanol–water partition coefficient (Wildman–Crippen LogP) is 3.29. The Balaban J connectivity index is 1.38. The molecule has 0 bridgehead atoms. The molecule has 2 aromatic carbocycles. The van der Waals surface area contributed by atoms with Crippen molar-refractivity contribution in [2.24, 2.45) is 0 Å². The molecule has 1 heterocycles. The molecule has 168 valence electrons. The van der Waals surface area contributed by atoms with Gasteiger partial charge in [-0.1, -0.05) is 19.1 Å². The highest BCUT2D eigenvalue weighted by Gasteiger charge is 2.27. The Morgan fingerprint density at radius 1 is 1.16 bits per heavy atom. The van der Waals surface area contributed by atoms with Crippen LogP contribution in [0.5, 0.6) is 11.5 Å². The number of ether oxygens (including phenoxy) is 2. The van der Waals surface area contributed by atoms with Crippen LogP contribution < -0.4 is 19.7 Å². The van der Waals surface area contributed by atoms with Gasteiger partial charge in [0, 0.05) is 24.6 Å². The Labute approximate surface area is 187 Å². The fraction of sp³-hybridized carbons (Fsp3) is 0.400. The summed E-state index contributed by atoms with van der Waals surface area (Å²) < 4.78 is 11.2. The van der Waals surface area contributed by atoms with E-state index in [0.717, 1.165) is 19.3 Å². The molecule has 7 heteroatoms. The number of aryl methyl sites for hydroxylation is 1. The molecule has 2 amide bonds. The summed E-state index contributed by atoms with van der Waals surface area (Å²) in [5.41, 5.74) is 2.21. The maximum absolute atomic E-state index is 12.7. The molecule has 0 saturated heterocycles. The fourth-order valence-corrected chi connectivity index (χ4v) is 3.60. The number of carbonyl (C=O) groups excluding carboxylic acids is 3. The summed E-state index contributed by atoms with van der Waals surface area (Å²) in [6.07, 6.45) is 3.94. The normalized spacial score (nSPS) is 15.0. The highest BCUT2D eigenvalue weighted by molar-refractivity contribution is 6.02. The number of rotatable bonds is 10. The predicted molar refractivity (Wildman–Crippen MR) is 120 cm³/mol. The van der Waals surface area contributed by atoms with E-state index in [1.54, 1.807) is 23.1 Å². The number of Topliss-reactive ketones (excluding diaryl/α,β-unsaturated/α-hetero) is 1. The molecule has 1 saturated carbocycles. The first-order valence-electron chi connectivity index (χ1n) is 11.1. The number of nitrogens with zero attached hydrogens (tertiary/aromatic N) is 1. The molecule has 0 unspecified atom stereocenters. The molecule has 0 radical (unpaired) electrons. The Morgan fingerprint density at radius 3 is 2.66 bits per heavy atom. The summed E-state index contributed by atoms with van der Waals surface area (Å²) in [7, 11) is 0. The first kappa shape index (κ1) is 21.9. The van der Waals surface area contributed by atoms with Gasteiger partial charge in [0.1, 0.15) is 11.5 Å². The van der Waals surface area contributed by atoms with Crippen molar-refractivity contribution < 1.29 is 23.9 Å². The monoisotopic (exact) mass is 436 g/mol. The maximum Gasteiger partial charge on any atom is 0.265 e. The van der Waals surface area contributed by atoms with Gasteiger partial charge < -0.3 is 19.7 Å². The molecule has 1 aliphatic heterocycles. The van der Waals surface area contributed by atoms with Crippen LogP contribution in [0.15, 0.2) is 42.5 Å². The van der Waals surface area contributed by atoms with E-state index >= 15 is 0 Å². The molecular formula is C25H28N2O5. The zero-order valence-corrected chi connectivity index (χ0v) is 18.3. The second-order valence-corrected chi connectivity index (χ2v) is 8.17. The molecule has 2 aliphatic rings. The summed E-state index contributed by atoms with van der Waals surface area (Å²) in [6.45, 7) is 2.33. The summed E-state index contributed by atoms with van der Waals surface area (Å²) >= 11 is 0. The standard InChI is InChI=1S/C25H28N2O5/c1-2-17-5-10-20(11-6-17)31-15-22(28)18-7-12-23-21(14-18)27(25(30)16-32-23)13-3-4-24(29)26-19-8-9-19/h5-7,10-12,14,19H,2-4,8-9,13,15-16H2,1H3,(H,26,29). The molecule has 1 aliphatic carbocycles. The van der Waals surface area contributed by atoms with E-state index in [9.17, 15) is 14.4 Å². The van der Waals surface area contributed by atoms with Crippen LogP contribution in [0.25, 0.3) is 0 Å². The van der Waals surface area contributed by atoms with Crippen LogP contribution in [0.3, 0.4) is 0 Å². The van der Waals surface area contributed by atoms with Crippen LogP contribution >= 0.6 is 0 Å². The average molecular weight is 437 g/mol. The highest BCUT2D eigenvalue weighted by Crippen LogP contribution is 2.33. The van der Waals surface area contributed by atoms with E-state index in [2.05, 4.69) is 12.2 Å². The molecule has 2 aromatic rings. The number of nitrogens with one attached hydrogen (secondary N) is 1. The van der Waals surface area contributed by atoms with Crippen LogP contribution in [0.2, 0.25) is 0 Å². The lowest BCUT2D eigenvalue weighted by atomic mass is 10.1. The number of hydrogen-bond donors (Lipinski definition) is 1. The van der Waals surface area contributed by atoms with Gasteiger partial charge in [0.05, 0.1) is 5.69 Å². The van der Waals surface area contributed by atoms with Gasteiger partial charge in [-0.25, -0.2) is 0 Å². The molecule has 4 rings (SSSR count). The number of benzene rings is 2. The largest absolute Gasteiger partial charge is 0.485 e. The van der Waals surface area contributed by atoms with E-state index in [1.165, 1.54) is 5.56 Å². The van der Waals surface area contributed by atoms with E-state index in [1.807, 2.05) is 24.3 Å². The lowest BCUT2D eigenvalue weighted by Gasteiger charge is -2.29. The number of ketones is 1. The van der Waals surface area contributed by atoms with Crippen molar-refractivity contribution in [1.82, 2.24) is 5.32 Å². The topological polar surface area (TPSA) is 84.9 Å². The lowest BCUT2D eigenvalue weighted by molar-refractivity contribution is -0.122. The maximum atomic E-state index is 12.7. The smallest absolute Gasteiger partial charge is 0.265 e. The fourth-order valence-electron chi connectivity index (χ4n) is 3.60. The number of hydrogen-bond acceptors (Lipinski definition) is 5. The van der Waals surface area contributed by atoms with Crippen LogP contribution in [0, 0.1) is 0 Å². The van der Waals surface area contributed by atoms with Crippen molar-refractivity contribution in [2.75, 3.05) is 24.7 Å². The van der Waals surface area contributed by atoms with Gasteiger partial charge >= 0.3 is 0 Å². The minimum absolute atomic E-state index is 0.0153. The van der Waals surface area contributed by atoms with Gasteiger partial charge in [-0.3, -0.25) is 14.4 Å². The molecule has 0 atom stereocenters. The van der Waals surface area contributed by atoms with Crippen molar-refractivity contribution >= 4 is 23.3 Å². The summed E-state index contributed by atoms with van der Waals surface area (Å²) in [5.74, 6) is 0.838. The van der Waals surface area contributed by atoms with E-state index < -0.39 is 0 Å². The Kier molecular flexibility index (Phi) is 6.73. The van der Waals surface area contributed by atoms with Crippen molar-refractivity contribution in [3.8, 4) is 11.5 Å². The van der Waals surface area contributed by atoms with Gasteiger partial charge in [-0.05, 0) is 61.6 Å². The van der Waals surface area contributed by atoms with E-state index in [4.69, 9.17) is 9.47 Å². The molecule has 7 nitrogen and oxygen atoms in total. The second kappa shape index (κ2) is 9.85. The molecular weight excluding hydrogens is 408 g/mol. The third-order valence-electron chi connectivity index (χ3n) is 5.65. The summed E-state index contributed by atoms with van der Waals surface area (Å²) in [6, 6.07) is 13.0. The third kappa shape index (κ3) is 5.46. The number of amides is 2. The number of anilines is 1. The summed E-state index contributed by atoms with van der Waals surface area (Å²) in [4.78, 5) is 38.7. The van der Waals surface area contributed by atoms with Gasteiger partial charge in [0.25, 0.3) is 5.91 Å². The van der Waals surface area contributed by atoms with E-state index in [-0.39, 0.29) is 30.8 Å². The minimum Gasteiger partial charge on any atom is -0.485 e. The Hall–Kier alpha value is -3.35. The number of fused-ring (bicyclic) bond motifs is 1. The van der Waals surface area contributed by atoms with Gasteiger partial charge in [0.15, 0.2) is 19.0 Å². The molecule has 32 heavy (non-hydrogen) atoms. The Morgan fingerprint density at radius 2 is 1.94 bits per heavy atom. The molecule has 1 N–H and O–H groups in total. The summed E-state index contributed by atoms with van der Waals surface area (Å²) in [5, 5.41) is 2.95. The van der Waals surface area contributed by atoms with E-state index in [0.29, 0.717) is 48.2 Å². The van der Waals surface area contributed by atoms with Crippen LogP contribution in [-0.2, 0) is 16.0 Å². The molecule has 0 spiro atoms. The first-order valence-corrected chi connectivity index (χ1v) is 11.1. The third-order valence-corrected chi connectivity index (χ3v) is 5.65. The lowest BCUT2D eigenvalue weighted by Crippen LogP contribution is -2.40. The first-order chi connectivity index (χ1) is 15.5. The Bertz CT molecular complexity index is 998. The second-order valence-electron chi connectivity index (χ2n) is 8.17. The van der Waals surface area contributed by atoms with Crippen LogP contribution in [0.4, 0.5) is 5.69 Å². The minimum atomic E-state index is -0.186. The van der Waals surface area contributed by atoms with Gasteiger partial charge in [-0.2, -0.15) is 0 Å². The number of carbonyl (C=O) groups is 3. The van der Waals surface area contributed by atoms with Crippen molar-refractivity contribution in [1.29, 1.82) is 0 Å². The van der Waals surface area contributed by atoms with Crippen molar-refractivity contribution in [3.63, 3.8) is 0 Å². The molecule has 0 aromatic heterocycles. The SMILES string of the molecule is CCc1ccc(OCC(=O)c2ccc3c(c2)N(CCCC(=O)NC2CC2)C(=O)CO3)cc1. The van der Waals surface area contributed by atoms with Crippen molar-refractivity contribution in [3.05, 3.63) is 53.6 Å². The zero-order chi connectivity index (χ0) is 22.5.